The highest BCUT2D eigenvalue weighted by Crippen LogP contribution is 2.29. The van der Waals surface area contributed by atoms with E-state index in [0.717, 1.165) is 37.6 Å². The fraction of sp³-hybridized carbons (Fsp3) is 0.278. The maximum absolute atomic E-state index is 11.1. The maximum Gasteiger partial charge on any atom is 0.292 e. The first-order chi connectivity index (χ1) is 12.6. The molecule has 26 heavy (non-hydrogen) atoms. The number of hydrogen-bond donors (Lipinski definition) is 1. The summed E-state index contributed by atoms with van der Waals surface area (Å²) in [5.41, 5.74) is 1.49. The molecule has 0 bridgehead atoms. The van der Waals surface area contributed by atoms with Crippen LogP contribution in [0.3, 0.4) is 0 Å². The van der Waals surface area contributed by atoms with Crippen molar-refractivity contribution in [1.29, 1.82) is 0 Å². The Labute approximate surface area is 157 Å². The van der Waals surface area contributed by atoms with E-state index in [0.29, 0.717) is 10.8 Å². The van der Waals surface area contributed by atoms with Gasteiger partial charge in [0.25, 0.3) is 5.69 Å². The van der Waals surface area contributed by atoms with Crippen molar-refractivity contribution in [1.82, 2.24) is 4.90 Å². The van der Waals surface area contributed by atoms with Gasteiger partial charge in [-0.15, -0.1) is 0 Å². The van der Waals surface area contributed by atoms with Gasteiger partial charge in [-0.1, -0.05) is 24.3 Å². The molecule has 1 aliphatic rings. The van der Waals surface area contributed by atoms with Crippen LogP contribution >= 0.6 is 12.2 Å². The summed E-state index contributed by atoms with van der Waals surface area (Å²) in [5.74, 6) is 0.849. The predicted molar refractivity (Wildman–Crippen MR) is 106 cm³/mol. The Balaban J connectivity index is 1.63. The fourth-order valence-corrected chi connectivity index (χ4v) is 3.27. The number of hydrogen-bond acceptors (Lipinski definition) is 5. The second kappa shape index (κ2) is 8.01. The highest BCUT2D eigenvalue weighted by molar-refractivity contribution is 7.80. The predicted octanol–water partition coefficient (Wildman–Crippen LogP) is 3.12. The molecule has 3 rings (SSSR count). The lowest BCUT2D eigenvalue weighted by Gasteiger charge is -2.37. The third-order valence-electron chi connectivity index (χ3n) is 4.34. The molecule has 7 nitrogen and oxygen atoms in total. The summed E-state index contributed by atoms with van der Waals surface area (Å²) in [6, 6.07) is 14.4. The summed E-state index contributed by atoms with van der Waals surface area (Å²) in [7, 11) is 1.67. The highest BCUT2D eigenvalue weighted by atomic mass is 32.1. The first-order valence-electron chi connectivity index (χ1n) is 8.27. The van der Waals surface area contributed by atoms with Gasteiger partial charge in [0.1, 0.15) is 11.4 Å². The van der Waals surface area contributed by atoms with Crippen molar-refractivity contribution in [2.24, 2.45) is 0 Å². The molecule has 2 aromatic carbocycles. The largest absolute Gasteiger partial charge is 0.495 e. The van der Waals surface area contributed by atoms with E-state index in [2.05, 4.69) is 10.2 Å². The number of methoxy groups -OCH3 is 1. The van der Waals surface area contributed by atoms with Crippen LogP contribution in [0, 0.1) is 10.1 Å². The van der Waals surface area contributed by atoms with Crippen LogP contribution in [-0.2, 0) is 0 Å². The first kappa shape index (κ1) is 17.9. The van der Waals surface area contributed by atoms with Crippen LogP contribution in [0.2, 0.25) is 0 Å². The molecule has 0 unspecified atom stereocenters. The van der Waals surface area contributed by atoms with Gasteiger partial charge in [0, 0.05) is 32.2 Å². The van der Waals surface area contributed by atoms with Crippen LogP contribution in [0.4, 0.5) is 17.1 Å². The van der Waals surface area contributed by atoms with E-state index in [1.165, 1.54) is 6.07 Å². The standard InChI is InChI=1S/C18H20N4O3S/c1-25-17-9-5-4-8-16(17)20-10-12-21(13-11-20)18(26)19-14-6-2-3-7-15(14)22(23)24/h2-9H,10-13H2,1H3,(H,19,26). The molecule has 0 saturated carbocycles. The lowest BCUT2D eigenvalue weighted by molar-refractivity contribution is -0.383. The topological polar surface area (TPSA) is 70.9 Å². The van der Waals surface area contributed by atoms with Crippen LogP contribution in [-0.4, -0.2) is 48.2 Å². The van der Waals surface area contributed by atoms with Gasteiger partial charge in [-0.05, 0) is 30.4 Å². The second-order valence-corrected chi connectivity index (χ2v) is 6.24. The van der Waals surface area contributed by atoms with Gasteiger partial charge in [-0.25, -0.2) is 0 Å². The van der Waals surface area contributed by atoms with Crippen molar-refractivity contribution in [3.8, 4) is 5.75 Å². The van der Waals surface area contributed by atoms with Crippen LogP contribution in [0.5, 0.6) is 5.75 Å². The van der Waals surface area contributed by atoms with Gasteiger partial charge in [0.2, 0.25) is 0 Å². The van der Waals surface area contributed by atoms with Gasteiger partial charge in [0.05, 0.1) is 17.7 Å². The average Bonchev–Trinajstić information content (AvgIpc) is 2.68. The number of ether oxygens (including phenoxy) is 1. The monoisotopic (exact) mass is 372 g/mol. The van der Waals surface area contributed by atoms with Gasteiger partial charge in [-0.2, -0.15) is 0 Å². The summed E-state index contributed by atoms with van der Waals surface area (Å²) in [6.07, 6.45) is 0. The Morgan fingerprint density at radius 1 is 1.12 bits per heavy atom. The van der Waals surface area contributed by atoms with Gasteiger partial charge >= 0.3 is 0 Å². The average molecular weight is 372 g/mol. The number of thiocarbonyl (C=S) groups is 1. The molecule has 136 valence electrons. The van der Waals surface area contributed by atoms with Crippen molar-refractivity contribution in [3.63, 3.8) is 0 Å². The van der Waals surface area contributed by atoms with Crippen LogP contribution in [0.15, 0.2) is 48.5 Å². The van der Waals surface area contributed by atoms with E-state index in [9.17, 15) is 10.1 Å². The van der Waals surface area contributed by atoms with E-state index in [-0.39, 0.29) is 5.69 Å². The lowest BCUT2D eigenvalue weighted by atomic mass is 10.2. The molecule has 1 N–H and O–H groups in total. The number of nitro benzene ring substituents is 1. The van der Waals surface area contributed by atoms with E-state index in [1.54, 1.807) is 25.3 Å². The van der Waals surface area contributed by atoms with Gasteiger partial charge in [-0.3, -0.25) is 10.1 Å². The van der Waals surface area contributed by atoms with Crippen molar-refractivity contribution < 1.29 is 9.66 Å². The molecule has 1 heterocycles. The van der Waals surface area contributed by atoms with Crippen molar-refractivity contribution in [2.45, 2.75) is 0 Å². The molecule has 0 aliphatic carbocycles. The number of piperazine rings is 1. The number of benzene rings is 2. The number of para-hydroxylation sites is 4. The van der Waals surface area contributed by atoms with Gasteiger partial charge in [0.15, 0.2) is 5.11 Å². The van der Waals surface area contributed by atoms with E-state index in [4.69, 9.17) is 17.0 Å². The minimum absolute atomic E-state index is 0.0162. The molecule has 0 spiro atoms. The molecule has 8 heteroatoms. The SMILES string of the molecule is COc1ccccc1N1CCN(C(=S)Nc2ccccc2[N+](=O)[O-])CC1. The second-order valence-electron chi connectivity index (χ2n) is 5.85. The maximum atomic E-state index is 11.1. The van der Waals surface area contributed by atoms with E-state index in [1.807, 2.05) is 29.2 Å². The highest BCUT2D eigenvalue weighted by Gasteiger charge is 2.22. The Kier molecular flexibility index (Phi) is 5.52. The summed E-state index contributed by atoms with van der Waals surface area (Å²) >= 11 is 5.46. The van der Waals surface area contributed by atoms with Crippen molar-refractivity contribution >= 4 is 34.4 Å². The zero-order valence-corrected chi connectivity index (χ0v) is 15.2. The fourth-order valence-electron chi connectivity index (χ4n) is 2.97. The zero-order chi connectivity index (χ0) is 18.5. The third kappa shape index (κ3) is 3.85. The molecular formula is C18H20N4O3S. The zero-order valence-electron chi connectivity index (χ0n) is 14.4. The van der Waals surface area contributed by atoms with Crippen LogP contribution in [0.25, 0.3) is 0 Å². The third-order valence-corrected chi connectivity index (χ3v) is 4.70. The van der Waals surface area contributed by atoms with E-state index < -0.39 is 4.92 Å². The lowest BCUT2D eigenvalue weighted by Crippen LogP contribution is -2.50. The quantitative estimate of drug-likeness (QED) is 0.502. The molecule has 1 aliphatic heterocycles. The summed E-state index contributed by atoms with van der Waals surface area (Å²) in [6.45, 7) is 3.03. The number of anilines is 2. The molecule has 1 saturated heterocycles. The molecule has 0 aromatic heterocycles. The Bertz CT molecular complexity index is 807. The number of nitro groups is 1. The first-order valence-corrected chi connectivity index (χ1v) is 8.68. The smallest absolute Gasteiger partial charge is 0.292 e. The molecule has 0 atom stereocenters. The normalized spacial score (nSPS) is 14.0. The molecule has 1 fully saturated rings. The number of nitrogens with one attached hydrogen (secondary N) is 1. The molecule has 0 amide bonds. The van der Waals surface area contributed by atoms with Gasteiger partial charge < -0.3 is 19.9 Å². The number of rotatable bonds is 4. The molecular weight excluding hydrogens is 352 g/mol. The summed E-state index contributed by atoms with van der Waals surface area (Å²) in [4.78, 5) is 15.0. The van der Waals surface area contributed by atoms with E-state index >= 15 is 0 Å². The van der Waals surface area contributed by atoms with Crippen LogP contribution in [0.1, 0.15) is 0 Å². The van der Waals surface area contributed by atoms with Crippen molar-refractivity contribution in [2.75, 3.05) is 43.5 Å². The Hall–Kier alpha value is -2.87. The minimum Gasteiger partial charge on any atom is -0.495 e. The Morgan fingerprint density at radius 3 is 2.46 bits per heavy atom. The number of nitrogens with zero attached hydrogens (tertiary/aromatic N) is 3. The minimum atomic E-state index is -0.412. The molecule has 2 aromatic rings. The summed E-state index contributed by atoms with van der Waals surface area (Å²) in [5, 5.41) is 14.6. The molecule has 0 radical (unpaired) electrons. The summed E-state index contributed by atoms with van der Waals surface area (Å²) < 4.78 is 5.43. The van der Waals surface area contributed by atoms with Crippen molar-refractivity contribution in [3.05, 3.63) is 58.6 Å². The van der Waals surface area contributed by atoms with Crippen LogP contribution < -0.4 is 15.0 Å². The Morgan fingerprint density at radius 2 is 1.77 bits per heavy atom.